The Hall–Kier alpha value is -1.77. The highest BCUT2D eigenvalue weighted by atomic mass is 35.5. The van der Waals surface area contributed by atoms with Gasteiger partial charge in [0.15, 0.2) is 0 Å². The maximum Gasteiger partial charge on any atom is 0.125 e. The molecule has 0 amide bonds. The molecule has 0 radical (unpaired) electrons. The molecule has 0 saturated carbocycles. The largest absolute Gasteiger partial charge is 0.390 e. The molecule has 0 aliphatic rings. The Morgan fingerprint density at radius 1 is 1.50 bits per heavy atom. The zero-order valence-electron chi connectivity index (χ0n) is 11.8. The molecule has 6 heteroatoms. The smallest absolute Gasteiger partial charge is 0.125 e. The molecule has 0 bridgehead atoms. The van der Waals surface area contributed by atoms with Gasteiger partial charge in [-0.15, -0.1) is 0 Å². The highest BCUT2D eigenvalue weighted by Crippen LogP contribution is 2.26. The Balaban J connectivity index is 2.94. The van der Waals surface area contributed by atoms with Crippen LogP contribution in [0.5, 0.6) is 0 Å². The number of aliphatic imine (C=N–C) groups is 1. The van der Waals surface area contributed by atoms with Crippen LogP contribution in [0.3, 0.4) is 0 Å². The number of nitrogens with one attached hydrogen (secondary N) is 1. The lowest BCUT2D eigenvalue weighted by molar-refractivity contribution is 0.0672. The van der Waals surface area contributed by atoms with Gasteiger partial charge in [0.2, 0.25) is 0 Å². The molecule has 0 aliphatic carbocycles. The van der Waals surface area contributed by atoms with Crippen LogP contribution in [-0.2, 0) is 4.74 Å². The molecule has 5 nitrogen and oxygen atoms in total. The Kier molecular flexibility index (Phi) is 6.29. The van der Waals surface area contributed by atoms with Crippen molar-refractivity contribution in [3.05, 3.63) is 28.8 Å². The van der Waals surface area contributed by atoms with Crippen molar-refractivity contribution >= 4 is 23.6 Å². The van der Waals surface area contributed by atoms with Crippen molar-refractivity contribution in [2.24, 2.45) is 16.6 Å². The fourth-order valence-corrected chi connectivity index (χ4v) is 1.96. The number of ether oxygens (including phenoxy) is 1. The van der Waals surface area contributed by atoms with Crippen LogP contribution in [0.25, 0.3) is 0 Å². The van der Waals surface area contributed by atoms with Crippen LogP contribution in [-0.4, -0.2) is 25.7 Å². The number of nitrogens with zero attached hydrogens (tertiary/aromatic N) is 2. The average molecular weight is 295 g/mol. The van der Waals surface area contributed by atoms with Crippen molar-refractivity contribution in [3.8, 4) is 6.07 Å². The molecular formula is C14H19ClN4O. The van der Waals surface area contributed by atoms with Gasteiger partial charge in [-0.2, -0.15) is 5.26 Å². The number of benzene rings is 1. The molecule has 0 aromatic heterocycles. The van der Waals surface area contributed by atoms with E-state index < -0.39 is 0 Å². The molecule has 1 aromatic rings. The first-order valence-corrected chi connectivity index (χ1v) is 6.63. The van der Waals surface area contributed by atoms with Crippen molar-refractivity contribution in [1.29, 1.82) is 5.26 Å². The minimum Gasteiger partial charge on any atom is -0.390 e. The van der Waals surface area contributed by atoms with E-state index in [2.05, 4.69) is 10.3 Å². The Labute approximate surface area is 124 Å². The van der Waals surface area contributed by atoms with Gasteiger partial charge in [0.05, 0.1) is 34.8 Å². The predicted molar refractivity (Wildman–Crippen MR) is 81.9 cm³/mol. The van der Waals surface area contributed by atoms with Gasteiger partial charge in [0.25, 0.3) is 0 Å². The Bertz CT molecular complexity index is 512. The van der Waals surface area contributed by atoms with Crippen molar-refractivity contribution < 1.29 is 4.74 Å². The van der Waals surface area contributed by atoms with E-state index >= 15 is 0 Å². The molecule has 108 valence electrons. The molecule has 3 atom stereocenters. The molecule has 1 aromatic carbocycles. The molecule has 0 aliphatic heterocycles. The summed E-state index contributed by atoms with van der Waals surface area (Å²) in [6, 6.07) is 7.10. The first-order chi connectivity index (χ1) is 9.53. The van der Waals surface area contributed by atoms with E-state index in [4.69, 9.17) is 27.3 Å². The number of nitrogens with two attached hydrogens (primary N) is 1. The van der Waals surface area contributed by atoms with Gasteiger partial charge < -0.3 is 15.8 Å². The van der Waals surface area contributed by atoms with Gasteiger partial charge >= 0.3 is 0 Å². The molecule has 3 unspecified atom stereocenters. The number of nitriles is 1. The maximum atomic E-state index is 8.83. The topological polar surface area (TPSA) is 83.4 Å². The van der Waals surface area contributed by atoms with Gasteiger partial charge in [0.1, 0.15) is 6.17 Å². The summed E-state index contributed by atoms with van der Waals surface area (Å²) in [4.78, 5) is 4.21. The maximum absolute atomic E-state index is 8.83. The van der Waals surface area contributed by atoms with E-state index in [9.17, 15) is 0 Å². The normalized spacial score (nSPS) is 15.6. The molecule has 1 rings (SSSR count). The van der Waals surface area contributed by atoms with Gasteiger partial charge in [0, 0.05) is 13.0 Å². The summed E-state index contributed by atoms with van der Waals surface area (Å²) in [6.45, 7) is 3.97. The van der Waals surface area contributed by atoms with Crippen molar-refractivity contribution in [2.75, 3.05) is 12.4 Å². The molecular weight excluding hydrogens is 276 g/mol. The number of anilines is 1. The second-order valence-electron chi connectivity index (χ2n) is 4.49. The molecule has 0 spiro atoms. The lowest BCUT2D eigenvalue weighted by atomic mass is 10.0. The summed E-state index contributed by atoms with van der Waals surface area (Å²) in [7, 11) is 1.65. The number of methoxy groups -OCH3 is 1. The predicted octanol–water partition coefficient (Wildman–Crippen LogP) is 2.61. The standard InChI is InChI=1S/C14H19ClN4O/c1-9(10(2)20-3)14(18-8-17)19-13-5-4-11(7-16)6-12(13)15/h4-6,8-10,14,19H,1-3H3,(H2,17,18). The minimum absolute atomic E-state index is 0.00774. The van der Waals surface area contributed by atoms with Crippen molar-refractivity contribution in [2.45, 2.75) is 26.1 Å². The second kappa shape index (κ2) is 7.73. The van der Waals surface area contributed by atoms with Crippen LogP contribution < -0.4 is 11.1 Å². The van der Waals surface area contributed by atoms with E-state index in [0.29, 0.717) is 16.3 Å². The SMILES string of the molecule is COC(C)C(C)C(N=CN)Nc1ccc(C#N)cc1Cl. The highest BCUT2D eigenvalue weighted by Gasteiger charge is 2.22. The number of hydrogen-bond donors (Lipinski definition) is 2. The van der Waals surface area contributed by atoms with Crippen LogP contribution in [0.1, 0.15) is 19.4 Å². The van der Waals surface area contributed by atoms with Crippen LogP contribution in [0.2, 0.25) is 5.02 Å². The van der Waals surface area contributed by atoms with Gasteiger partial charge in [-0.25, -0.2) is 0 Å². The van der Waals surface area contributed by atoms with E-state index in [1.807, 2.05) is 19.9 Å². The third-order valence-corrected chi connectivity index (χ3v) is 3.57. The molecule has 20 heavy (non-hydrogen) atoms. The highest BCUT2D eigenvalue weighted by molar-refractivity contribution is 6.33. The molecule has 0 heterocycles. The molecule has 3 N–H and O–H groups in total. The van der Waals surface area contributed by atoms with E-state index in [1.165, 1.54) is 6.34 Å². The van der Waals surface area contributed by atoms with E-state index in [0.717, 1.165) is 0 Å². The van der Waals surface area contributed by atoms with Gasteiger partial charge in [-0.3, -0.25) is 4.99 Å². The van der Waals surface area contributed by atoms with Crippen molar-refractivity contribution in [3.63, 3.8) is 0 Å². The fourth-order valence-electron chi connectivity index (χ4n) is 1.73. The first kappa shape index (κ1) is 16.3. The van der Waals surface area contributed by atoms with Gasteiger partial charge in [-0.05, 0) is 25.1 Å². The Morgan fingerprint density at radius 2 is 2.20 bits per heavy atom. The van der Waals surface area contributed by atoms with Crippen LogP contribution >= 0.6 is 11.6 Å². The third kappa shape index (κ3) is 4.12. The van der Waals surface area contributed by atoms with Crippen molar-refractivity contribution in [1.82, 2.24) is 0 Å². The summed E-state index contributed by atoms with van der Waals surface area (Å²) in [5, 5.41) is 12.5. The molecule has 0 fully saturated rings. The van der Waals surface area contributed by atoms with Crippen LogP contribution in [0.15, 0.2) is 23.2 Å². The average Bonchev–Trinajstić information content (AvgIpc) is 2.46. The lowest BCUT2D eigenvalue weighted by Gasteiger charge is -2.27. The van der Waals surface area contributed by atoms with Crippen LogP contribution in [0, 0.1) is 17.2 Å². The fraction of sp³-hybridized carbons (Fsp3) is 0.429. The Morgan fingerprint density at radius 3 is 2.70 bits per heavy atom. The number of halogens is 1. The lowest BCUT2D eigenvalue weighted by Crippen LogP contribution is -2.34. The summed E-state index contributed by atoms with van der Waals surface area (Å²) >= 11 is 6.14. The molecule has 0 saturated heterocycles. The number of rotatable bonds is 6. The monoisotopic (exact) mass is 294 g/mol. The quantitative estimate of drug-likeness (QED) is 0.624. The third-order valence-electron chi connectivity index (χ3n) is 3.26. The summed E-state index contributed by atoms with van der Waals surface area (Å²) in [6.07, 6.45) is 1.00. The van der Waals surface area contributed by atoms with E-state index in [1.54, 1.807) is 25.3 Å². The van der Waals surface area contributed by atoms with Gasteiger partial charge in [-0.1, -0.05) is 18.5 Å². The summed E-state index contributed by atoms with van der Waals surface area (Å²) in [5.41, 5.74) is 6.61. The zero-order chi connectivity index (χ0) is 15.1. The van der Waals surface area contributed by atoms with E-state index in [-0.39, 0.29) is 18.2 Å². The summed E-state index contributed by atoms with van der Waals surface area (Å²) in [5.74, 6) is 0.0894. The first-order valence-electron chi connectivity index (χ1n) is 6.25. The number of hydrogen-bond acceptors (Lipinski definition) is 4. The summed E-state index contributed by atoms with van der Waals surface area (Å²) < 4.78 is 5.31. The minimum atomic E-state index is -0.264. The zero-order valence-corrected chi connectivity index (χ0v) is 12.6. The van der Waals surface area contributed by atoms with Crippen LogP contribution in [0.4, 0.5) is 5.69 Å². The second-order valence-corrected chi connectivity index (χ2v) is 4.90.